The van der Waals surface area contributed by atoms with E-state index in [0.29, 0.717) is 33.8 Å². The predicted molar refractivity (Wildman–Crippen MR) is 151 cm³/mol. The summed E-state index contributed by atoms with van der Waals surface area (Å²) in [5.41, 5.74) is 8.37. The second-order valence-electron chi connectivity index (χ2n) is 10.5. The van der Waals surface area contributed by atoms with Crippen LogP contribution in [-0.2, 0) is 14.8 Å². The van der Waals surface area contributed by atoms with Gasteiger partial charge in [0.2, 0.25) is 5.89 Å². The summed E-state index contributed by atoms with van der Waals surface area (Å²) >= 11 is 0. The number of hydrogen-bond donors (Lipinski definition) is 3. The average Bonchev–Trinajstić information content (AvgIpc) is 3.55. The Morgan fingerprint density at radius 2 is 1.90 bits per heavy atom. The van der Waals surface area contributed by atoms with Crippen molar-refractivity contribution in [1.29, 1.82) is 0 Å². The summed E-state index contributed by atoms with van der Waals surface area (Å²) < 4.78 is 34.7. The molecule has 2 aromatic heterocycles. The van der Waals surface area contributed by atoms with Crippen LogP contribution in [0.15, 0.2) is 74.7 Å². The lowest BCUT2D eigenvalue weighted by Gasteiger charge is -2.20. The van der Waals surface area contributed by atoms with Crippen LogP contribution in [0.4, 0.5) is 6.01 Å². The van der Waals surface area contributed by atoms with Crippen LogP contribution in [-0.4, -0.2) is 46.4 Å². The van der Waals surface area contributed by atoms with Crippen LogP contribution >= 0.6 is 0 Å². The van der Waals surface area contributed by atoms with E-state index >= 15 is 0 Å². The molecular weight excluding hydrogens is 530 g/mol. The Hall–Kier alpha value is -4.45. The highest BCUT2D eigenvalue weighted by Crippen LogP contribution is 2.37. The van der Waals surface area contributed by atoms with Crippen LogP contribution in [0.5, 0.6) is 0 Å². The maximum atomic E-state index is 13.8. The summed E-state index contributed by atoms with van der Waals surface area (Å²) in [6.45, 7) is 5.82. The van der Waals surface area contributed by atoms with E-state index in [1.165, 1.54) is 10.2 Å². The Kier molecular flexibility index (Phi) is 6.21. The van der Waals surface area contributed by atoms with Crippen molar-refractivity contribution in [2.75, 3.05) is 5.32 Å². The molecule has 3 heterocycles. The van der Waals surface area contributed by atoms with Gasteiger partial charge in [0.25, 0.3) is 15.9 Å². The molecule has 1 fully saturated rings. The average molecular weight is 560 g/mol. The molecule has 6 rings (SSSR count). The zero-order valence-corrected chi connectivity index (χ0v) is 23.1. The number of nitrogens with two attached hydrogens (primary N) is 1. The lowest BCUT2D eigenvalue weighted by atomic mass is 10.1. The van der Waals surface area contributed by atoms with Gasteiger partial charge in [0.15, 0.2) is 0 Å². The predicted octanol–water partition coefficient (Wildman–Crippen LogP) is 3.55. The Morgan fingerprint density at radius 1 is 1.15 bits per heavy atom. The van der Waals surface area contributed by atoms with Crippen molar-refractivity contribution in [1.82, 2.24) is 19.5 Å². The Morgan fingerprint density at radius 3 is 2.58 bits per heavy atom. The Bertz CT molecular complexity index is 1800. The fourth-order valence-corrected chi connectivity index (χ4v) is 6.08. The van der Waals surface area contributed by atoms with Crippen LogP contribution in [0.1, 0.15) is 37.8 Å². The first-order valence-corrected chi connectivity index (χ1v) is 14.5. The highest BCUT2D eigenvalue weighted by Gasteiger charge is 2.34. The number of amidine groups is 1. The smallest absolute Gasteiger partial charge is 0.315 e. The summed E-state index contributed by atoms with van der Waals surface area (Å²) in [7, 11) is -3.97. The molecule has 206 valence electrons. The number of aromatic nitrogens is 3. The summed E-state index contributed by atoms with van der Waals surface area (Å²) in [6, 6.07) is 12.1. The van der Waals surface area contributed by atoms with Crippen LogP contribution in [0.3, 0.4) is 0 Å². The van der Waals surface area contributed by atoms with Crippen LogP contribution < -0.4 is 16.4 Å². The van der Waals surface area contributed by atoms with Gasteiger partial charge in [0, 0.05) is 28.8 Å². The van der Waals surface area contributed by atoms with Crippen molar-refractivity contribution in [2.45, 2.75) is 50.6 Å². The monoisotopic (exact) mass is 559 g/mol. The molecule has 0 radical (unpaired) electrons. The molecule has 1 aliphatic carbocycles. The number of aliphatic imine (C=N–C) groups is 1. The SMILES string of the molecule is Cc1ccc(S(=O)(=O)n2cc(C3=NC(C4CC4)C=C(C(N)=O)N3)c3cc(-c4nnc(NC(C)C)o4)ccc32)cc1. The highest BCUT2D eigenvalue weighted by atomic mass is 32.2. The van der Waals surface area contributed by atoms with Gasteiger partial charge < -0.3 is 20.8 Å². The zero-order valence-electron chi connectivity index (χ0n) is 22.2. The molecule has 1 amide bonds. The molecule has 0 bridgehead atoms. The van der Waals surface area contributed by atoms with Gasteiger partial charge in [-0.25, -0.2) is 12.4 Å². The molecule has 1 atom stereocenters. The van der Waals surface area contributed by atoms with E-state index in [-0.39, 0.29) is 34.6 Å². The van der Waals surface area contributed by atoms with E-state index in [1.807, 2.05) is 20.8 Å². The number of fused-ring (bicyclic) bond motifs is 1. The van der Waals surface area contributed by atoms with Gasteiger partial charge in [-0.2, -0.15) is 0 Å². The molecule has 12 heteroatoms. The molecule has 1 aliphatic heterocycles. The summed E-state index contributed by atoms with van der Waals surface area (Å²) in [4.78, 5) is 17.2. The molecule has 4 aromatic rings. The molecule has 1 saturated carbocycles. The number of benzene rings is 2. The van der Waals surface area contributed by atoms with Crippen molar-refractivity contribution in [3.8, 4) is 11.5 Å². The number of aryl methyl sites for hydroxylation is 1. The van der Waals surface area contributed by atoms with Crippen LogP contribution in [0.25, 0.3) is 22.4 Å². The molecule has 40 heavy (non-hydrogen) atoms. The fraction of sp³-hybridized carbons (Fsp3) is 0.286. The van der Waals surface area contributed by atoms with Gasteiger partial charge >= 0.3 is 6.01 Å². The lowest BCUT2D eigenvalue weighted by molar-refractivity contribution is -0.114. The maximum absolute atomic E-state index is 13.8. The van der Waals surface area contributed by atoms with Crippen molar-refractivity contribution in [3.63, 3.8) is 0 Å². The Balaban J connectivity index is 1.52. The third-order valence-corrected chi connectivity index (χ3v) is 8.61. The number of rotatable bonds is 8. The largest absolute Gasteiger partial charge is 0.403 e. The minimum Gasteiger partial charge on any atom is -0.403 e. The zero-order chi connectivity index (χ0) is 28.2. The van der Waals surface area contributed by atoms with E-state index in [0.717, 1.165) is 18.4 Å². The number of carbonyl (C=O) groups is 1. The second-order valence-corrected chi connectivity index (χ2v) is 12.3. The molecule has 11 nitrogen and oxygen atoms in total. The minimum atomic E-state index is -3.97. The van der Waals surface area contributed by atoms with E-state index in [1.54, 1.807) is 48.5 Å². The number of amides is 1. The first-order valence-electron chi connectivity index (χ1n) is 13.0. The third-order valence-electron chi connectivity index (χ3n) is 6.93. The van der Waals surface area contributed by atoms with Crippen molar-refractivity contribution >= 4 is 38.7 Å². The third kappa shape index (κ3) is 4.75. The van der Waals surface area contributed by atoms with E-state index in [9.17, 15) is 13.2 Å². The molecule has 4 N–H and O–H groups in total. The second kappa shape index (κ2) is 9.63. The van der Waals surface area contributed by atoms with Crippen LogP contribution in [0.2, 0.25) is 0 Å². The maximum Gasteiger partial charge on any atom is 0.315 e. The molecule has 2 aromatic carbocycles. The van der Waals surface area contributed by atoms with Crippen molar-refractivity contribution in [3.05, 3.63) is 71.6 Å². The standard InChI is InChI=1S/C28H29N7O4S/c1-15(2)30-28-34-33-27(39-28)18-8-11-24-20(12-18)21(14-35(24)40(37,38)19-9-4-16(3)5-10-19)26-31-22(17-6-7-17)13-23(32-26)25(29)36/h4-5,8-15,17,22H,6-7H2,1-3H3,(H2,29,36)(H,30,34)(H,31,32). The summed E-state index contributed by atoms with van der Waals surface area (Å²) in [5.74, 6) is 0.362. The van der Waals surface area contributed by atoms with E-state index < -0.39 is 15.9 Å². The fourth-order valence-electron chi connectivity index (χ4n) is 4.71. The number of hydrogen-bond acceptors (Lipinski definition) is 9. The quantitative estimate of drug-likeness (QED) is 0.296. The van der Waals surface area contributed by atoms with Gasteiger partial charge in [-0.3, -0.25) is 9.79 Å². The van der Waals surface area contributed by atoms with Gasteiger partial charge in [-0.15, -0.1) is 5.10 Å². The minimum absolute atomic E-state index is 0.103. The van der Waals surface area contributed by atoms with E-state index in [2.05, 4.69) is 20.8 Å². The number of anilines is 1. The number of nitrogens with one attached hydrogen (secondary N) is 2. The molecule has 1 unspecified atom stereocenters. The molecule has 0 saturated heterocycles. The lowest BCUT2D eigenvalue weighted by Crippen LogP contribution is -2.37. The normalized spacial score (nSPS) is 17.4. The molecule has 2 aliphatic rings. The van der Waals surface area contributed by atoms with E-state index in [4.69, 9.17) is 15.1 Å². The van der Waals surface area contributed by atoms with Gasteiger partial charge in [-0.05, 0) is 75.9 Å². The topological polar surface area (TPSA) is 158 Å². The molecule has 0 spiro atoms. The summed E-state index contributed by atoms with van der Waals surface area (Å²) in [6.07, 6.45) is 5.28. The Labute approximate surface area is 231 Å². The highest BCUT2D eigenvalue weighted by molar-refractivity contribution is 7.90. The van der Waals surface area contributed by atoms with Crippen LogP contribution in [0, 0.1) is 12.8 Å². The number of carbonyl (C=O) groups excluding carboxylic acids is 1. The number of nitrogens with zero attached hydrogens (tertiary/aromatic N) is 4. The first kappa shape index (κ1) is 25.8. The molecular formula is C28H29N7O4S. The number of primary amides is 1. The van der Waals surface area contributed by atoms with Gasteiger partial charge in [0.05, 0.1) is 16.5 Å². The van der Waals surface area contributed by atoms with Crippen molar-refractivity contribution in [2.24, 2.45) is 16.6 Å². The van der Waals surface area contributed by atoms with Gasteiger partial charge in [0.1, 0.15) is 11.5 Å². The summed E-state index contributed by atoms with van der Waals surface area (Å²) in [5, 5.41) is 14.9. The first-order chi connectivity index (χ1) is 19.1. The van der Waals surface area contributed by atoms with Gasteiger partial charge in [-0.1, -0.05) is 22.8 Å². The van der Waals surface area contributed by atoms with Crippen molar-refractivity contribution < 1.29 is 17.6 Å².